The average Bonchev–Trinajstić information content (AvgIpc) is 1.65. The predicted molar refractivity (Wildman–Crippen MR) is 34.4 cm³/mol. The molecule has 0 nitrogen and oxygen atoms in total. The van der Waals surface area contributed by atoms with Crippen molar-refractivity contribution >= 4 is 11.6 Å². The Morgan fingerprint density at radius 2 is 2.00 bits per heavy atom. The molecule has 0 atom stereocenters. The first-order valence-electron chi connectivity index (χ1n) is 2.50. The SMILES string of the molecule is CC=C(Cl)C(C)C. The lowest BCUT2D eigenvalue weighted by molar-refractivity contribution is 0.811. The van der Waals surface area contributed by atoms with Crippen LogP contribution in [-0.2, 0) is 0 Å². The van der Waals surface area contributed by atoms with Crippen molar-refractivity contribution in [2.24, 2.45) is 5.92 Å². The summed E-state index contributed by atoms with van der Waals surface area (Å²) in [5, 5.41) is 0.944. The Hall–Kier alpha value is 0.0300. The quantitative estimate of drug-likeness (QED) is 0.497. The first-order valence-corrected chi connectivity index (χ1v) is 2.88. The molecule has 7 heavy (non-hydrogen) atoms. The van der Waals surface area contributed by atoms with Gasteiger partial charge in [-0.25, -0.2) is 0 Å². The van der Waals surface area contributed by atoms with E-state index < -0.39 is 0 Å². The second-order valence-corrected chi connectivity index (χ2v) is 2.26. The Bertz CT molecular complexity index is 72.2. The zero-order chi connectivity index (χ0) is 5.86. The zero-order valence-corrected chi connectivity index (χ0v) is 5.79. The largest absolute Gasteiger partial charge is 0.0892 e. The third-order valence-electron chi connectivity index (χ3n) is 0.827. The minimum Gasteiger partial charge on any atom is -0.0892 e. The molecule has 0 aliphatic rings. The van der Waals surface area contributed by atoms with Gasteiger partial charge in [-0.05, 0) is 12.8 Å². The van der Waals surface area contributed by atoms with Crippen LogP contribution in [0.3, 0.4) is 0 Å². The molecule has 0 rings (SSSR count). The molecular formula is C6H11Cl. The highest BCUT2D eigenvalue weighted by Gasteiger charge is 1.93. The van der Waals surface area contributed by atoms with Crippen molar-refractivity contribution in [3.05, 3.63) is 11.1 Å². The van der Waals surface area contributed by atoms with Crippen LogP contribution in [0.15, 0.2) is 11.1 Å². The van der Waals surface area contributed by atoms with Gasteiger partial charge in [-0.2, -0.15) is 0 Å². The lowest BCUT2D eigenvalue weighted by atomic mass is 10.2. The van der Waals surface area contributed by atoms with E-state index in [4.69, 9.17) is 11.6 Å². The van der Waals surface area contributed by atoms with Gasteiger partial charge in [0.25, 0.3) is 0 Å². The molecule has 0 spiro atoms. The van der Waals surface area contributed by atoms with Crippen molar-refractivity contribution in [1.82, 2.24) is 0 Å². The van der Waals surface area contributed by atoms with Crippen LogP contribution in [0, 0.1) is 5.92 Å². The van der Waals surface area contributed by atoms with Crippen molar-refractivity contribution in [2.75, 3.05) is 0 Å². The molecule has 1 heteroatoms. The first kappa shape index (κ1) is 7.03. The fourth-order valence-corrected chi connectivity index (χ4v) is 0.333. The molecular weight excluding hydrogens is 108 g/mol. The van der Waals surface area contributed by atoms with Crippen LogP contribution >= 0.6 is 11.6 Å². The molecule has 42 valence electrons. The van der Waals surface area contributed by atoms with Crippen LogP contribution in [0.2, 0.25) is 0 Å². The maximum atomic E-state index is 5.66. The molecule has 0 aliphatic carbocycles. The van der Waals surface area contributed by atoms with E-state index in [-0.39, 0.29) is 0 Å². The van der Waals surface area contributed by atoms with Gasteiger partial charge in [0.1, 0.15) is 0 Å². The van der Waals surface area contributed by atoms with Gasteiger partial charge in [0.05, 0.1) is 0 Å². The van der Waals surface area contributed by atoms with Gasteiger partial charge in [-0.1, -0.05) is 31.5 Å². The monoisotopic (exact) mass is 118 g/mol. The van der Waals surface area contributed by atoms with Crippen molar-refractivity contribution in [3.63, 3.8) is 0 Å². The summed E-state index contributed by atoms with van der Waals surface area (Å²) >= 11 is 5.66. The van der Waals surface area contributed by atoms with Crippen molar-refractivity contribution in [1.29, 1.82) is 0 Å². The highest BCUT2D eigenvalue weighted by molar-refractivity contribution is 6.29. The summed E-state index contributed by atoms with van der Waals surface area (Å²) in [6, 6.07) is 0. The molecule has 0 radical (unpaired) electrons. The van der Waals surface area contributed by atoms with Crippen molar-refractivity contribution < 1.29 is 0 Å². The summed E-state index contributed by atoms with van der Waals surface area (Å²) in [6.45, 7) is 6.09. The summed E-state index contributed by atoms with van der Waals surface area (Å²) in [5.41, 5.74) is 0. The third-order valence-corrected chi connectivity index (χ3v) is 1.48. The maximum Gasteiger partial charge on any atom is 0.0163 e. The molecule has 0 N–H and O–H groups in total. The Balaban J connectivity index is 3.56. The van der Waals surface area contributed by atoms with Gasteiger partial charge < -0.3 is 0 Å². The first-order chi connectivity index (χ1) is 3.18. The fraction of sp³-hybridized carbons (Fsp3) is 0.667. The molecule has 0 bridgehead atoms. The van der Waals surface area contributed by atoms with Crippen LogP contribution in [0.1, 0.15) is 20.8 Å². The van der Waals surface area contributed by atoms with E-state index >= 15 is 0 Å². The lowest BCUT2D eigenvalue weighted by Gasteiger charge is -1.97. The molecule has 0 saturated heterocycles. The van der Waals surface area contributed by atoms with Crippen LogP contribution in [0.4, 0.5) is 0 Å². The summed E-state index contributed by atoms with van der Waals surface area (Å²) in [7, 11) is 0. The molecule has 0 aromatic heterocycles. The van der Waals surface area contributed by atoms with E-state index in [0.29, 0.717) is 5.92 Å². The van der Waals surface area contributed by atoms with Crippen LogP contribution < -0.4 is 0 Å². The number of allylic oxidation sites excluding steroid dienone is 2. The zero-order valence-electron chi connectivity index (χ0n) is 5.03. The molecule has 0 unspecified atom stereocenters. The Morgan fingerprint density at radius 1 is 1.57 bits per heavy atom. The number of hydrogen-bond donors (Lipinski definition) is 0. The fourth-order valence-electron chi connectivity index (χ4n) is 0.333. The van der Waals surface area contributed by atoms with E-state index in [1.165, 1.54) is 0 Å². The lowest BCUT2D eigenvalue weighted by Crippen LogP contribution is -1.82. The van der Waals surface area contributed by atoms with E-state index in [9.17, 15) is 0 Å². The van der Waals surface area contributed by atoms with E-state index in [2.05, 4.69) is 13.8 Å². The van der Waals surface area contributed by atoms with Crippen molar-refractivity contribution in [3.8, 4) is 0 Å². The summed E-state index contributed by atoms with van der Waals surface area (Å²) in [4.78, 5) is 0. The molecule has 0 aliphatic heterocycles. The van der Waals surface area contributed by atoms with E-state index in [1.807, 2.05) is 13.0 Å². The maximum absolute atomic E-state index is 5.66. The second kappa shape index (κ2) is 3.09. The van der Waals surface area contributed by atoms with Crippen molar-refractivity contribution in [2.45, 2.75) is 20.8 Å². The normalized spacial score (nSPS) is 13.0. The molecule has 0 fully saturated rings. The van der Waals surface area contributed by atoms with Gasteiger partial charge in [0, 0.05) is 5.03 Å². The van der Waals surface area contributed by atoms with Gasteiger partial charge >= 0.3 is 0 Å². The summed E-state index contributed by atoms with van der Waals surface area (Å²) < 4.78 is 0. The predicted octanol–water partition coefficient (Wildman–Crippen LogP) is 2.79. The standard InChI is InChI=1S/C6H11Cl/c1-4-6(7)5(2)3/h4-5H,1-3H3. The van der Waals surface area contributed by atoms with Gasteiger partial charge in [-0.15, -0.1) is 0 Å². The molecule has 0 amide bonds. The smallest absolute Gasteiger partial charge is 0.0163 e. The molecule has 0 aromatic carbocycles. The van der Waals surface area contributed by atoms with Gasteiger partial charge in [-0.3, -0.25) is 0 Å². The average molecular weight is 119 g/mol. The molecule has 0 saturated carbocycles. The third kappa shape index (κ3) is 2.69. The number of hydrogen-bond acceptors (Lipinski definition) is 0. The number of halogens is 1. The Morgan fingerprint density at radius 3 is 2.00 bits per heavy atom. The van der Waals surface area contributed by atoms with E-state index in [1.54, 1.807) is 0 Å². The minimum atomic E-state index is 0.492. The van der Waals surface area contributed by atoms with Gasteiger partial charge in [0.15, 0.2) is 0 Å². The number of rotatable bonds is 1. The van der Waals surface area contributed by atoms with Crippen LogP contribution in [-0.4, -0.2) is 0 Å². The second-order valence-electron chi connectivity index (χ2n) is 1.83. The highest BCUT2D eigenvalue weighted by Crippen LogP contribution is 2.12. The molecule has 0 aromatic rings. The Kier molecular flexibility index (Phi) is 3.10. The molecule has 0 heterocycles. The Labute approximate surface area is 50.2 Å². The van der Waals surface area contributed by atoms with Crippen LogP contribution in [0.5, 0.6) is 0 Å². The van der Waals surface area contributed by atoms with Crippen LogP contribution in [0.25, 0.3) is 0 Å². The highest BCUT2D eigenvalue weighted by atomic mass is 35.5. The van der Waals surface area contributed by atoms with E-state index in [0.717, 1.165) is 5.03 Å². The van der Waals surface area contributed by atoms with Gasteiger partial charge in [0.2, 0.25) is 0 Å². The minimum absolute atomic E-state index is 0.492. The summed E-state index contributed by atoms with van der Waals surface area (Å²) in [6.07, 6.45) is 1.92. The summed E-state index contributed by atoms with van der Waals surface area (Å²) in [5.74, 6) is 0.492. The topological polar surface area (TPSA) is 0 Å².